The van der Waals surface area contributed by atoms with Gasteiger partial charge in [0.2, 0.25) is 5.89 Å². The second-order valence-electron chi connectivity index (χ2n) is 5.63. The standard InChI is InChI=1S/C18H26N2O3/c1-5-22-17-9-7-6-8-16(17)18-19-15(13-23-18)12-20(14(2)3)10-11-21-4/h6-9,13-14H,5,10-12H2,1-4H3. The van der Waals surface area contributed by atoms with Gasteiger partial charge < -0.3 is 13.9 Å². The van der Waals surface area contributed by atoms with Crippen LogP contribution in [0.5, 0.6) is 5.75 Å². The highest BCUT2D eigenvalue weighted by atomic mass is 16.5. The zero-order valence-corrected chi connectivity index (χ0v) is 14.4. The summed E-state index contributed by atoms with van der Waals surface area (Å²) in [6.07, 6.45) is 1.72. The van der Waals surface area contributed by atoms with Gasteiger partial charge in [-0.1, -0.05) is 12.1 Å². The molecule has 1 aromatic heterocycles. The van der Waals surface area contributed by atoms with Crippen molar-refractivity contribution in [2.24, 2.45) is 0 Å². The van der Waals surface area contributed by atoms with Gasteiger partial charge in [-0.25, -0.2) is 4.98 Å². The minimum absolute atomic E-state index is 0.418. The maximum absolute atomic E-state index is 5.67. The first kappa shape index (κ1) is 17.5. The predicted molar refractivity (Wildman–Crippen MR) is 90.5 cm³/mol. The molecule has 0 fully saturated rings. The number of hydrogen-bond donors (Lipinski definition) is 0. The molecule has 0 aliphatic rings. The van der Waals surface area contributed by atoms with Crippen molar-refractivity contribution in [3.8, 4) is 17.2 Å². The molecule has 126 valence electrons. The number of benzene rings is 1. The van der Waals surface area contributed by atoms with E-state index in [0.717, 1.165) is 30.1 Å². The lowest BCUT2D eigenvalue weighted by Gasteiger charge is -2.24. The first-order valence-electron chi connectivity index (χ1n) is 8.05. The van der Waals surface area contributed by atoms with Crippen LogP contribution in [-0.2, 0) is 11.3 Å². The Hall–Kier alpha value is -1.85. The minimum Gasteiger partial charge on any atom is -0.493 e. The third kappa shape index (κ3) is 4.81. The molecule has 0 saturated carbocycles. The van der Waals surface area contributed by atoms with Gasteiger partial charge in [-0.05, 0) is 32.9 Å². The van der Waals surface area contributed by atoms with Gasteiger partial charge in [-0.15, -0.1) is 0 Å². The van der Waals surface area contributed by atoms with Crippen molar-refractivity contribution >= 4 is 0 Å². The molecule has 0 unspecified atom stereocenters. The lowest BCUT2D eigenvalue weighted by atomic mass is 10.2. The number of oxazole rings is 1. The van der Waals surface area contributed by atoms with Crippen LogP contribution in [0.3, 0.4) is 0 Å². The minimum atomic E-state index is 0.418. The molecule has 0 amide bonds. The number of aromatic nitrogens is 1. The van der Waals surface area contributed by atoms with Crippen LogP contribution in [-0.4, -0.2) is 42.8 Å². The Bertz CT molecular complexity index is 595. The fourth-order valence-corrected chi connectivity index (χ4v) is 2.36. The average Bonchev–Trinajstić information content (AvgIpc) is 3.00. The van der Waals surface area contributed by atoms with E-state index < -0.39 is 0 Å². The smallest absolute Gasteiger partial charge is 0.229 e. The Labute approximate surface area is 138 Å². The quantitative estimate of drug-likeness (QED) is 0.707. The van der Waals surface area contributed by atoms with Gasteiger partial charge in [-0.3, -0.25) is 4.90 Å². The molecule has 0 aliphatic carbocycles. The van der Waals surface area contributed by atoms with Crippen LogP contribution in [0.15, 0.2) is 34.9 Å². The van der Waals surface area contributed by atoms with Crippen molar-refractivity contribution in [1.82, 2.24) is 9.88 Å². The number of hydrogen-bond acceptors (Lipinski definition) is 5. The Kier molecular flexibility index (Phi) is 6.62. The van der Waals surface area contributed by atoms with Crippen LogP contribution in [0.1, 0.15) is 26.5 Å². The van der Waals surface area contributed by atoms with E-state index in [4.69, 9.17) is 13.9 Å². The van der Waals surface area contributed by atoms with E-state index in [1.54, 1.807) is 13.4 Å². The van der Waals surface area contributed by atoms with Crippen LogP contribution in [0, 0.1) is 0 Å². The summed E-state index contributed by atoms with van der Waals surface area (Å²) in [5, 5.41) is 0. The molecule has 5 nitrogen and oxygen atoms in total. The molecule has 23 heavy (non-hydrogen) atoms. The molecule has 0 spiro atoms. The summed E-state index contributed by atoms with van der Waals surface area (Å²) in [5.41, 5.74) is 1.80. The topological polar surface area (TPSA) is 47.7 Å². The molecule has 2 rings (SSSR count). The van der Waals surface area contributed by atoms with Gasteiger partial charge in [0.05, 0.1) is 24.5 Å². The van der Waals surface area contributed by atoms with E-state index in [1.807, 2.05) is 31.2 Å². The van der Waals surface area contributed by atoms with Crippen molar-refractivity contribution in [2.45, 2.75) is 33.4 Å². The zero-order chi connectivity index (χ0) is 16.7. The number of para-hydroxylation sites is 1. The van der Waals surface area contributed by atoms with Crippen molar-refractivity contribution in [1.29, 1.82) is 0 Å². The van der Waals surface area contributed by atoms with Gasteiger partial charge in [0.25, 0.3) is 0 Å². The maximum atomic E-state index is 5.67. The number of rotatable bonds is 9. The van der Waals surface area contributed by atoms with Gasteiger partial charge >= 0.3 is 0 Å². The third-order valence-corrected chi connectivity index (χ3v) is 3.65. The Morgan fingerprint density at radius 1 is 1.26 bits per heavy atom. The molecular weight excluding hydrogens is 292 g/mol. The van der Waals surface area contributed by atoms with E-state index in [-0.39, 0.29) is 0 Å². The molecule has 5 heteroatoms. The highest BCUT2D eigenvalue weighted by molar-refractivity contribution is 5.62. The molecule has 0 saturated heterocycles. The summed E-state index contributed by atoms with van der Waals surface area (Å²) in [6.45, 7) is 9.22. The summed E-state index contributed by atoms with van der Waals surface area (Å²) in [4.78, 5) is 6.93. The summed E-state index contributed by atoms with van der Waals surface area (Å²) >= 11 is 0. The molecule has 0 aliphatic heterocycles. The summed E-state index contributed by atoms with van der Waals surface area (Å²) in [7, 11) is 1.72. The van der Waals surface area contributed by atoms with Crippen molar-refractivity contribution in [3.63, 3.8) is 0 Å². The largest absolute Gasteiger partial charge is 0.493 e. The SMILES string of the molecule is CCOc1ccccc1-c1nc(CN(CCOC)C(C)C)co1. The van der Waals surface area contributed by atoms with Crippen LogP contribution in [0.2, 0.25) is 0 Å². The summed E-state index contributed by atoms with van der Waals surface area (Å²) in [5.74, 6) is 1.39. The van der Waals surface area contributed by atoms with Gasteiger partial charge in [0.1, 0.15) is 12.0 Å². The molecule has 0 radical (unpaired) electrons. The highest BCUT2D eigenvalue weighted by Gasteiger charge is 2.15. The molecule has 1 aromatic carbocycles. The zero-order valence-electron chi connectivity index (χ0n) is 14.4. The van der Waals surface area contributed by atoms with Crippen molar-refractivity contribution in [2.75, 3.05) is 26.9 Å². The number of methoxy groups -OCH3 is 1. The first-order valence-corrected chi connectivity index (χ1v) is 8.05. The Morgan fingerprint density at radius 2 is 2.04 bits per heavy atom. The van der Waals surface area contributed by atoms with Crippen LogP contribution in [0.25, 0.3) is 11.5 Å². The molecule has 2 aromatic rings. The predicted octanol–water partition coefficient (Wildman–Crippen LogP) is 3.60. The van der Waals surface area contributed by atoms with E-state index in [1.165, 1.54) is 0 Å². The van der Waals surface area contributed by atoms with E-state index >= 15 is 0 Å². The van der Waals surface area contributed by atoms with Crippen LogP contribution >= 0.6 is 0 Å². The van der Waals surface area contributed by atoms with E-state index in [2.05, 4.69) is 23.7 Å². The molecule has 1 heterocycles. The fraction of sp³-hybridized carbons (Fsp3) is 0.500. The van der Waals surface area contributed by atoms with Gasteiger partial charge in [-0.2, -0.15) is 0 Å². The molecule has 0 N–H and O–H groups in total. The fourth-order valence-electron chi connectivity index (χ4n) is 2.36. The Balaban J connectivity index is 2.14. The summed E-state index contributed by atoms with van der Waals surface area (Å²) in [6, 6.07) is 8.22. The molecule has 0 atom stereocenters. The lowest BCUT2D eigenvalue weighted by molar-refractivity contribution is 0.124. The van der Waals surface area contributed by atoms with Crippen molar-refractivity contribution in [3.05, 3.63) is 36.2 Å². The number of ether oxygens (including phenoxy) is 2. The Morgan fingerprint density at radius 3 is 2.74 bits per heavy atom. The lowest BCUT2D eigenvalue weighted by Crippen LogP contribution is -2.33. The van der Waals surface area contributed by atoms with Crippen molar-refractivity contribution < 1.29 is 13.9 Å². The number of nitrogens with zero attached hydrogens (tertiary/aromatic N) is 2. The average molecular weight is 318 g/mol. The van der Waals surface area contributed by atoms with E-state index in [9.17, 15) is 0 Å². The molecule has 0 bridgehead atoms. The normalized spacial score (nSPS) is 11.4. The first-order chi connectivity index (χ1) is 11.2. The van der Waals surface area contributed by atoms with Crippen LogP contribution in [0.4, 0.5) is 0 Å². The van der Waals surface area contributed by atoms with Crippen LogP contribution < -0.4 is 4.74 Å². The highest BCUT2D eigenvalue weighted by Crippen LogP contribution is 2.29. The van der Waals surface area contributed by atoms with Gasteiger partial charge in [0.15, 0.2) is 0 Å². The third-order valence-electron chi connectivity index (χ3n) is 3.65. The van der Waals surface area contributed by atoms with Gasteiger partial charge in [0, 0.05) is 26.2 Å². The molecular formula is C18H26N2O3. The second-order valence-corrected chi connectivity index (χ2v) is 5.63. The maximum Gasteiger partial charge on any atom is 0.229 e. The summed E-state index contributed by atoms with van der Waals surface area (Å²) < 4.78 is 16.5. The second kappa shape index (κ2) is 8.70. The van der Waals surface area contributed by atoms with E-state index in [0.29, 0.717) is 25.1 Å². The monoisotopic (exact) mass is 318 g/mol.